The molecule has 1 heterocycles. The Morgan fingerprint density at radius 2 is 2.07 bits per heavy atom. The summed E-state index contributed by atoms with van der Waals surface area (Å²) in [5, 5.41) is 29.6. The van der Waals surface area contributed by atoms with E-state index in [4.69, 9.17) is 14.6 Å². The lowest BCUT2D eigenvalue weighted by molar-refractivity contribution is -0.138. The van der Waals surface area contributed by atoms with Crippen LogP contribution < -0.4 is 4.74 Å². The van der Waals surface area contributed by atoms with E-state index in [1.165, 1.54) is 0 Å². The van der Waals surface area contributed by atoms with E-state index in [1.807, 2.05) is 36.4 Å². The number of hydrogen-bond acceptors (Lipinski definition) is 5. The fourth-order valence-corrected chi connectivity index (χ4v) is 4.31. The second-order valence-corrected chi connectivity index (χ2v) is 7.78. The number of hydrogen-bond donors (Lipinski definition) is 3. The monoisotopic (exact) mass is 390 g/mol. The number of fused-ring (bicyclic) bond motifs is 1. The standard InChI is InChI=1S/C22H30O6/c23-15(14-27-16-5-2-1-3-6-16)9-11-18-19-8-4-7-17(10-12-22(25)26)28-21(19)13-20(18)24/h1-3,5-6,9,11,15,17-21,23-24H,4,7-8,10,12-14H2,(H,25,26)/b11-9+/t15-,17-,18-,19-,20-,21+/m1/s1. The SMILES string of the molecule is O=C(O)CC[C@H]1CCC[C@@H]2[C@@H](/C=C/[C@@H](O)COc3ccccc3)[C@H](O)C[C@@H]2O1. The smallest absolute Gasteiger partial charge is 0.303 e. The van der Waals surface area contributed by atoms with Gasteiger partial charge in [0.15, 0.2) is 0 Å². The van der Waals surface area contributed by atoms with Crippen LogP contribution in [0.5, 0.6) is 5.75 Å². The lowest BCUT2D eigenvalue weighted by Crippen LogP contribution is -2.25. The third-order valence-electron chi connectivity index (χ3n) is 5.72. The van der Waals surface area contributed by atoms with Crippen molar-refractivity contribution in [3.8, 4) is 5.75 Å². The van der Waals surface area contributed by atoms with Crippen LogP contribution in [0.15, 0.2) is 42.5 Å². The first kappa shape index (κ1) is 20.8. The Labute approximate surface area is 165 Å². The van der Waals surface area contributed by atoms with E-state index in [1.54, 1.807) is 6.08 Å². The van der Waals surface area contributed by atoms with Crippen molar-refractivity contribution in [3.05, 3.63) is 42.5 Å². The summed E-state index contributed by atoms with van der Waals surface area (Å²) in [7, 11) is 0. The average molecular weight is 390 g/mol. The molecule has 2 aliphatic rings. The fourth-order valence-electron chi connectivity index (χ4n) is 4.31. The number of carboxylic acid groups (broad SMARTS) is 1. The molecule has 3 rings (SSSR count). The molecule has 3 N–H and O–H groups in total. The van der Waals surface area contributed by atoms with Crippen LogP contribution in [0, 0.1) is 11.8 Å². The molecule has 0 bridgehead atoms. The highest BCUT2D eigenvalue weighted by molar-refractivity contribution is 5.66. The number of carboxylic acids is 1. The van der Waals surface area contributed by atoms with Gasteiger partial charge < -0.3 is 24.8 Å². The third-order valence-corrected chi connectivity index (χ3v) is 5.72. The lowest BCUT2D eigenvalue weighted by atomic mass is 9.88. The maximum absolute atomic E-state index is 10.8. The maximum atomic E-state index is 10.8. The average Bonchev–Trinajstić information content (AvgIpc) is 2.84. The van der Waals surface area contributed by atoms with Gasteiger partial charge in [0.05, 0.1) is 18.3 Å². The molecule has 154 valence electrons. The molecular formula is C22H30O6. The molecule has 1 saturated carbocycles. The Morgan fingerprint density at radius 3 is 2.82 bits per heavy atom. The summed E-state index contributed by atoms with van der Waals surface area (Å²) < 4.78 is 11.7. The normalized spacial score (nSPS) is 31.3. The molecule has 0 amide bonds. The number of aliphatic carboxylic acids is 1. The van der Waals surface area contributed by atoms with E-state index in [0.29, 0.717) is 18.6 Å². The zero-order valence-electron chi connectivity index (χ0n) is 16.0. The number of aliphatic hydroxyl groups is 2. The van der Waals surface area contributed by atoms with Gasteiger partial charge in [-0.3, -0.25) is 4.79 Å². The molecule has 6 heteroatoms. The summed E-state index contributed by atoms with van der Waals surface area (Å²) in [5.41, 5.74) is 0. The van der Waals surface area contributed by atoms with E-state index in [-0.39, 0.29) is 37.1 Å². The molecule has 6 nitrogen and oxygen atoms in total. The molecule has 1 saturated heterocycles. The van der Waals surface area contributed by atoms with Gasteiger partial charge in [0.2, 0.25) is 0 Å². The maximum Gasteiger partial charge on any atom is 0.303 e. The minimum atomic E-state index is -0.802. The molecular weight excluding hydrogens is 360 g/mol. The molecule has 1 aliphatic heterocycles. The van der Waals surface area contributed by atoms with Gasteiger partial charge in [-0.15, -0.1) is 0 Å². The van der Waals surface area contributed by atoms with Crippen molar-refractivity contribution in [2.45, 2.75) is 62.9 Å². The quantitative estimate of drug-likeness (QED) is 0.591. The molecule has 0 aromatic heterocycles. The number of rotatable bonds is 8. The Morgan fingerprint density at radius 1 is 1.29 bits per heavy atom. The van der Waals surface area contributed by atoms with Gasteiger partial charge in [-0.05, 0) is 37.3 Å². The number of aliphatic hydroxyl groups excluding tert-OH is 2. The molecule has 1 aliphatic carbocycles. The molecule has 1 aromatic carbocycles. The van der Waals surface area contributed by atoms with Crippen molar-refractivity contribution < 1.29 is 29.6 Å². The summed E-state index contributed by atoms with van der Waals surface area (Å²) >= 11 is 0. The largest absolute Gasteiger partial charge is 0.491 e. The van der Waals surface area contributed by atoms with Crippen LogP contribution in [0.1, 0.15) is 38.5 Å². The van der Waals surface area contributed by atoms with Crippen molar-refractivity contribution in [1.29, 1.82) is 0 Å². The van der Waals surface area contributed by atoms with Crippen LogP contribution in [0.2, 0.25) is 0 Å². The predicted octanol–water partition coefficient (Wildman–Crippen LogP) is 2.78. The summed E-state index contributed by atoms with van der Waals surface area (Å²) in [6.45, 7) is 0.158. The first-order valence-corrected chi connectivity index (χ1v) is 10.1. The number of carbonyl (C=O) groups is 1. The van der Waals surface area contributed by atoms with Crippen molar-refractivity contribution in [3.63, 3.8) is 0 Å². The van der Waals surface area contributed by atoms with Crippen LogP contribution in [0.3, 0.4) is 0 Å². The van der Waals surface area contributed by atoms with E-state index in [2.05, 4.69) is 0 Å². The van der Waals surface area contributed by atoms with Crippen molar-refractivity contribution >= 4 is 5.97 Å². The van der Waals surface area contributed by atoms with E-state index in [9.17, 15) is 15.0 Å². The highest BCUT2D eigenvalue weighted by atomic mass is 16.5. The van der Waals surface area contributed by atoms with Gasteiger partial charge in [-0.25, -0.2) is 0 Å². The Kier molecular flexibility index (Phi) is 7.48. The van der Waals surface area contributed by atoms with Crippen LogP contribution in [0.4, 0.5) is 0 Å². The molecule has 0 unspecified atom stereocenters. The molecule has 28 heavy (non-hydrogen) atoms. The number of benzene rings is 1. The molecule has 0 radical (unpaired) electrons. The van der Waals surface area contributed by atoms with Gasteiger partial charge in [-0.2, -0.15) is 0 Å². The lowest BCUT2D eigenvalue weighted by Gasteiger charge is -2.23. The van der Waals surface area contributed by atoms with Gasteiger partial charge in [0.25, 0.3) is 0 Å². The Hall–Kier alpha value is -1.89. The van der Waals surface area contributed by atoms with Gasteiger partial charge in [0.1, 0.15) is 18.5 Å². The summed E-state index contributed by atoms with van der Waals surface area (Å²) in [5.74, 6) is 0.0433. The van der Waals surface area contributed by atoms with Gasteiger partial charge >= 0.3 is 5.97 Å². The summed E-state index contributed by atoms with van der Waals surface area (Å²) in [4.78, 5) is 10.8. The predicted molar refractivity (Wildman–Crippen MR) is 104 cm³/mol. The zero-order chi connectivity index (χ0) is 19.9. The Bertz CT molecular complexity index is 646. The highest BCUT2D eigenvalue weighted by Crippen LogP contribution is 2.42. The molecule has 2 fully saturated rings. The number of ether oxygens (including phenoxy) is 2. The van der Waals surface area contributed by atoms with Crippen molar-refractivity contribution in [1.82, 2.24) is 0 Å². The van der Waals surface area contributed by atoms with Crippen LogP contribution >= 0.6 is 0 Å². The van der Waals surface area contributed by atoms with Gasteiger partial charge in [0, 0.05) is 18.8 Å². The minimum absolute atomic E-state index is 0.0501. The minimum Gasteiger partial charge on any atom is -0.491 e. The first-order chi connectivity index (χ1) is 13.5. The van der Waals surface area contributed by atoms with E-state index >= 15 is 0 Å². The highest BCUT2D eigenvalue weighted by Gasteiger charge is 2.43. The molecule has 0 spiro atoms. The zero-order valence-corrected chi connectivity index (χ0v) is 16.0. The van der Waals surface area contributed by atoms with Crippen molar-refractivity contribution in [2.24, 2.45) is 11.8 Å². The second kappa shape index (κ2) is 10.0. The van der Waals surface area contributed by atoms with Gasteiger partial charge in [-0.1, -0.05) is 36.8 Å². The molecule has 1 aromatic rings. The molecule has 6 atom stereocenters. The fraction of sp³-hybridized carbons (Fsp3) is 0.591. The van der Waals surface area contributed by atoms with Crippen LogP contribution in [0.25, 0.3) is 0 Å². The topological polar surface area (TPSA) is 96.2 Å². The summed E-state index contributed by atoms with van der Waals surface area (Å²) in [6, 6.07) is 9.34. The second-order valence-electron chi connectivity index (χ2n) is 7.78. The number of para-hydroxylation sites is 1. The van der Waals surface area contributed by atoms with E-state index in [0.717, 1.165) is 19.3 Å². The van der Waals surface area contributed by atoms with Crippen LogP contribution in [-0.4, -0.2) is 52.3 Å². The van der Waals surface area contributed by atoms with Crippen LogP contribution in [-0.2, 0) is 9.53 Å². The van der Waals surface area contributed by atoms with E-state index < -0.39 is 18.2 Å². The van der Waals surface area contributed by atoms with Crippen molar-refractivity contribution in [2.75, 3.05) is 6.61 Å². The Balaban J connectivity index is 1.52. The first-order valence-electron chi connectivity index (χ1n) is 10.1. The summed E-state index contributed by atoms with van der Waals surface area (Å²) in [6.07, 6.45) is 6.19. The third kappa shape index (κ3) is 5.80.